The molecule has 17 heavy (non-hydrogen) atoms. The summed E-state index contributed by atoms with van der Waals surface area (Å²) in [7, 11) is -1.90. The monoisotopic (exact) mass is 262 g/mol. The van der Waals surface area contributed by atoms with Gasteiger partial charge in [0.25, 0.3) is 0 Å². The fourth-order valence-corrected chi connectivity index (χ4v) is 1.85. The maximum absolute atomic E-state index is 12.9. The Labute approximate surface area is 99.7 Å². The molecule has 1 aromatic rings. The first-order chi connectivity index (χ1) is 7.96. The van der Waals surface area contributed by atoms with Crippen molar-refractivity contribution in [2.75, 3.05) is 19.3 Å². The van der Waals surface area contributed by atoms with E-state index in [9.17, 15) is 17.9 Å². The lowest BCUT2D eigenvalue weighted by atomic mass is 10.2. The standard InChI is InChI=1S/C10H15FN2O3S/c1-12-17(15,16)6-5-13-7-8-3-2-4-9(11)10(8)14/h2-4,12-14H,5-7H2,1H3. The molecule has 0 aliphatic rings. The number of phenolic OH excluding ortho intramolecular Hbond substituents is 1. The summed E-state index contributed by atoms with van der Waals surface area (Å²) in [6.45, 7) is 0.432. The summed E-state index contributed by atoms with van der Waals surface area (Å²) in [4.78, 5) is 0. The van der Waals surface area contributed by atoms with Crippen LogP contribution in [0.15, 0.2) is 18.2 Å². The average Bonchev–Trinajstić information content (AvgIpc) is 2.30. The van der Waals surface area contributed by atoms with Crippen molar-refractivity contribution in [1.29, 1.82) is 0 Å². The molecule has 3 N–H and O–H groups in total. The Balaban J connectivity index is 2.44. The number of halogens is 1. The van der Waals surface area contributed by atoms with Crippen LogP contribution >= 0.6 is 0 Å². The highest BCUT2D eigenvalue weighted by Gasteiger charge is 2.08. The Hall–Kier alpha value is -1.18. The average molecular weight is 262 g/mol. The third kappa shape index (κ3) is 4.29. The van der Waals surface area contributed by atoms with Crippen LogP contribution in [0, 0.1) is 5.82 Å². The second kappa shape index (κ2) is 5.95. The predicted molar refractivity (Wildman–Crippen MR) is 62.6 cm³/mol. The van der Waals surface area contributed by atoms with Gasteiger partial charge in [0.1, 0.15) is 0 Å². The summed E-state index contributed by atoms with van der Waals surface area (Å²) in [5.41, 5.74) is 0.395. The SMILES string of the molecule is CNS(=O)(=O)CCNCc1cccc(F)c1O. The number of phenols is 1. The molecule has 96 valence electrons. The van der Waals surface area contributed by atoms with Crippen LogP contribution < -0.4 is 10.0 Å². The Morgan fingerprint density at radius 3 is 2.76 bits per heavy atom. The fraction of sp³-hybridized carbons (Fsp3) is 0.400. The van der Waals surface area contributed by atoms with Gasteiger partial charge >= 0.3 is 0 Å². The van der Waals surface area contributed by atoms with Crippen molar-refractivity contribution in [2.45, 2.75) is 6.54 Å². The second-order valence-electron chi connectivity index (χ2n) is 3.45. The van der Waals surface area contributed by atoms with E-state index in [2.05, 4.69) is 10.0 Å². The lowest BCUT2D eigenvalue weighted by molar-refractivity contribution is 0.423. The second-order valence-corrected chi connectivity index (χ2v) is 5.49. The van der Waals surface area contributed by atoms with Crippen molar-refractivity contribution in [2.24, 2.45) is 0 Å². The number of nitrogens with one attached hydrogen (secondary N) is 2. The Bertz CT molecular complexity index is 476. The van der Waals surface area contributed by atoms with Gasteiger partial charge in [0, 0.05) is 18.7 Å². The molecule has 0 bridgehead atoms. The quantitative estimate of drug-likeness (QED) is 0.639. The molecule has 0 atom stereocenters. The van der Waals surface area contributed by atoms with Crippen LogP contribution in [0.4, 0.5) is 4.39 Å². The molecule has 7 heteroatoms. The van der Waals surface area contributed by atoms with Gasteiger partial charge < -0.3 is 10.4 Å². The van der Waals surface area contributed by atoms with Crippen LogP contribution in [0.5, 0.6) is 5.75 Å². The third-order valence-electron chi connectivity index (χ3n) is 2.24. The number of rotatable bonds is 6. The third-order valence-corrected chi connectivity index (χ3v) is 3.61. The van der Waals surface area contributed by atoms with E-state index in [0.717, 1.165) is 6.07 Å². The maximum Gasteiger partial charge on any atom is 0.212 e. The van der Waals surface area contributed by atoms with E-state index < -0.39 is 21.6 Å². The van der Waals surface area contributed by atoms with E-state index >= 15 is 0 Å². The highest BCUT2D eigenvalue weighted by atomic mass is 32.2. The molecule has 1 rings (SSSR count). The van der Waals surface area contributed by atoms with Crippen molar-refractivity contribution < 1.29 is 17.9 Å². The van der Waals surface area contributed by atoms with Crippen LogP contribution in [0.3, 0.4) is 0 Å². The van der Waals surface area contributed by atoms with Gasteiger partial charge in [-0.1, -0.05) is 12.1 Å². The van der Waals surface area contributed by atoms with Crippen molar-refractivity contribution in [3.63, 3.8) is 0 Å². The highest BCUT2D eigenvalue weighted by molar-refractivity contribution is 7.89. The van der Waals surface area contributed by atoms with Gasteiger partial charge in [-0.15, -0.1) is 0 Å². The molecule has 0 aromatic heterocycles. The fourth-order valence-electron chi connectivity index (χ4n) is 1.23. The van der Waals surface area contributed by atoms with E-state index in [4.69, 9.17) is 0 Å². The van der Waals surface area contributed by atoms with Crippen molar-refractivity contribution in [1.82, 2.24) is 10.0 Å². The van der Waals surface area contributed by atoms with Gasteiger partial charge in [0.05, 0.1) is 5.75 Å². The van der Waals surface area contributed by atoms with Gasteiger partial charge in [0.2, 0.25) is 10.0 Å². The minimum absolute atomic E-state index is 0.0699. The van der Waals surface area contributed by atoms with Gasteiger partial charge in [0.15, 0.2) is 11.6 Å². The van der Waals surface area contributed by atoms with E-state index in [1.807, 2.05) is 0 Å². The first-order valence-corrected chi connectivity index (χ1v) is 6.70. The predicted octanol–water partition coefficient (Wildman–Crippen LogP) is 0.170. The van der Waals surface area contributed by atoms with E-state index in [-0.39, 0.29) is 18.8 Å². The van der Waals surface area contributed by atoms with Gasteiger partial charge in [-0.05, 0) is 13.1 Å². The van der Waals surface area contributed by atoms with Crippen molar-refractivity contribution >= 4 is 10.0 Å². The van der Waals surface area contributed by atoms with E-state index in [0.29, 0.717) is 5.56 Å². The lowest BCUT2D eigenvalue weighted by Gasteiger charge is -2.07. The smallest absolute Gasteiger partial charge is 0.212 e. The van der Waals surface area contributed by atoms with Gasteiger partial charge in [-0.2, -0.15) is 0 Å². The van der Waals surface area contributed by atoms with Crippen molar-refractivity contribution in [3.8, 4) is 5.75 Å². The topological polar surface area (TPSA) is 78.4 Å². The summed E-state index contributed by atoms with van der Waals surface area (Å²) in [6.07, 6.45) is 0. The minimum Gasteiger partial charge on any atom is -0.505 e. The summed E-state index contributed by atoms with van der Waals surface area (Å²) < 4.78 is 37.3. The molecule has 0 unspecified atom stereocenters. The molecule has 0 fully saturated rings. The zero-order valence-electron chi connectivity index (χ0n) is 9.40. The first-order valence-electron chi connectivity index (χ1n) is 5.04. The maximum atomic E-state index is 12.9. The molecule has 5 nitrogen and oxygen atoms in total. The lowest BCUT2D eigenvalue weighted by Crippen LogP contribution is -2.29. The zero-order valence-corrected chi connectivity index (χ0v) is 10.2. The zero-order chi connectivity index (χ0) is 12.9. The molecule has 0 aliphatic heterocycles. The van der Waals surface area contributed by atoms with Crippen LogP contribution in [-0.4, -0.2) is 32.9 Å². The molecule has 0 aliphatic carbocycles. The van der Waals surface area contributed by atoms with E-state index in [1.165, 1.54) is 13.1 Å². The normalized spacial score (nSPS) is 11.6. The molecule has 0 radical (unpaired) electrons. The first kappa shape index (κ1) is 13.9. The van der Waals surface area contributed by atoms with Crippen LogP contribution in [0.1, 0.15) is 5.56 Å². The number of hydrogen-bond donors (Lipinski definition) is 3. The Morgan fingerprint density at radius 1 is 1.41 bits per heavy atom. The molecular formula is C10H15FN2O3S. The van der Waals surface area contributed by atoms with Crippen LogP contribution in [0.25, 0.3) is 0 Å². The number of hydrogen-bond acceptors (Lipinski definition) is 4. The number of sulfonamides is 1. The molecule has 1 aromatic carbocycles. The largest absolute Gasteiger partial charge is 0.505 e. The summed E-state index contributed by atoms with van der Waals surface area (Å²) in [5, 5.41) is 12.2. The Morgan fingerprint density at radius 2 is 2.12 bits per heavy atom. The minimum atomic E-state index is -3.24. The van der Waals surface area contributed by atoms with Gasteiger partial charge in [-0.3, -0.25) is 0 Å². The number of aromatic hydroxyl groups is 1. The van der Waals surface area contributed by atoms with Crippen LogP contribution in [-0.2, 0) is 16.6 Å². The Kier molecular flexibility index (Phi) is 4.86. The number of benzene rings is 1. The molecule has 0 spiro atoms. The van der Waals surface area contributed by atoms with Gasteiger partial charge in [-0.25, -0.2) is 17.5 Å². The number of para-hydroxylation sites is 1. The summed E-state index contributed by atoms with van der Waals surface area (Å²) in [5.74, 6) is -1.16. The molecular weight excluding hydrogens is 247 g/mol. The highest BCUT2D eigenvalue weighted by Crippen LogP contribution is 2.19. The molecule has 0 heterocycles. The summed E-state index contributed by atoms with van der Waals surface area (Å²) >= 11 is 0. The van der Waals surface area contributed by atoms with Crippen LogP contribution in [0.2, 0.25) is 0 Å². The molecule has 0 amide bonds. The molecule has 0 saturated heterocycles. The summed E-state index contributed by atoms with van der Waals surface area (Å²) in [6, 6.07) is 4.21. The van der Waals surface area contributed by atoms with E-state index in [1.54, 1.807) is 6.07 Å². The van der Waals surface area contributed by atoms with Crippen molar-refractivity contribution in [3.05, 3.63) is 29.6 Å². The molecule has 0 saturated carbocycles.